The maximum atomic E-state index is 13.7. The molecule has 0 saturated carbocycles. The van der Waals surface area contributed by atoms with E-state index in [0.717, 1.165) is 18.5 Å². The molecule has 1 aromatic carbocycles. The van der Waals surface area contributed by atoms with Crippen molar-refractivity contribution in [3.63, 3.8) is 0 Å². The van der Waals surface area contributed by atoms with Gasteiger partial charge in [-0.25, -0.2) is 4.39 Å². The Morgan fingerprint density at radius 2 is 2.19 bits per heavy atom. The average Bonchev–Trinajstić information content (AvgIpc) is 2.82. The van der Waals surface area contributed by atoms with E-state index in [-0.39, 0.29) is 25.1 Å². The Hall–Kier alpha value is -1.41. The van der Waals surface area contributed by atoms with Crippen molar-refractivity contribution < 1.29 is 14.6 Å². The van der Waals surface area contributed by atoms with Crippen molar-refractivity contribution in [1.82, 2.24) is 4.90 Å². The van der Waals surface area contributed by atoms with Crippen molar-refractivity contribution in [3.05, 3.63) is 35.1 Å². The first kappa shape index (κ1) is 16.0. The van der Waals surface area contributed by atoms with E-state index in [0.29, 0.717) is 24.4 Å². The van der Waals surface area contributed by atoms with Crippen LogP contribution in [-0.2, 0) is 6.54 Å². The highest BCUT2D eigenvalue weighted by atomic mass is 19.1. The van der Waals surface area contributed by atoms with Crippen LogP contribution in [-0.4, -0.2) is 40.9 Å². The molecule has 1 saturated heterocycles. The standard InChI is InChI=1S/C17H22FNO2/c1-13-7-8-19(17(13)12-21)11-14-5-6-16(18)15(10-14)4-2-3-9-20/h5-6,10,13,17,20-21H,3,7-9,11-12H2,1H3. The van der Waals surface area contributed by atoms with Gasteiger partial charge in [-0.2, -0.15) is 0 Å². The fourth-order valence-corrected chi connectivity index (χ4v) is 2.79. The number of aliphatic hydroxyl groups is 2. The second-order valence-corrected chi connectivity index (χ2v) is 5.58. The number of aliphatic hydroxyl groups excluding tert-OH is 2. The number of rotatable bonds is 4. The van der Waals surface area contributed by atoms with Gasteiger partial charge < -0.3 is 10.2 Å². The van der Waals surface area contributed by atoms with Crippen LogP contribution in [0.25, 0.3) is 0 Å². The van der Waals surface area contributed by atoms with Crippen molar-refractivity contribution >= 4 is 0 Å². The molecule has 1 heterocycles. The van der Waals surface area contributed by atoms with Gasteiger partial charge in [-0.05, 0) is 36.6 Å². The minimum absolute atomic E-state index is 0.0157. The molecule has 4 heteroatoms. The molecule has 0 radical (unpaired) electrons. The minimum Gasteiger partial charge on any atom is -0.395 e. The molecule has 0 bridgehead atoms. The van der Waals surface area contributed by atoms with Gasteiger partial charge in [-0.1, -0.05) is 24.8 Å². The van der Waals surface area contributed by atoms with Gasteiger partial charge in [0.1, 0.15) is 5.82 Å². The Morgan fingerprint density at radius 3 is 2.90 bits per heavy atom. The van der Waals surface area contributed by atoms with Crippen LogP contribution in [0.4, 0.5) is 4.39 Å². The van der Waals surface area contributed by atoms with Gasteiger partial charge in [0.15, 0.2) is 0 Å². The first-order valence-corrected chi connectivity index (χ1v) is 7.38. The summed E-state index contributed by atoms with van der Waals surface area (Å²) in [7, 11) is 0. The fourth-order valence-electron chi connectivity index (χ4n) is 2.79. The highest BCUT2D eigenvalue weighted by Gasteiger charge is 2.30. The van der Waals surface area contributed by atoms with Crippen LogP contribution in [0, 0.1) is 23.6 Å². The summed E-state index contributed by atoms with van der Waals surface area (Å²) in [6.07, 6.45) is 1.43. The zero-order chi connectivity index (χ0) is 15.2. The summed E-state index contributed by atoms with van der Waals surface area (Å²) in [4.78, 5) is 2.24. The van der Waals surface area contributed by atoms with Crippen LogP contribution >= 0.6 is 0 Å². The first-order chi connectivity index (χ1) is 10.2. The number of likely N-dealkylation sites (tertiary alicyclic amines) is 1. The molecular weight excluding hydrogens is 269 g/mol. The third kappa shape index (κ3) is 4.04. The summed E-state index contributed by atoms with van der Waals surface area (Å²) >= 11 is 0. The van der Waals surface area contributed by atoms with Crippen molar-refractivity contribution in [1.29, 1.82) is 0 Å². The molecule has 21 heavy (non-hydrogen) atoms. The van der Waals surface area contributed by atoms with Crippen LogP contribution in [0.1, 0.15) is 30.9 Å². The van der Waals surface area contributed by atoms with Gasteiger partial charge in [-0.3, -0.25) is 4.90 Å². The lowest BCUT2D eigenvalue weighted by atomic mass is 10.0. The summed E-state index contributed by atoms with van der Waals surface area (Å²) in [5.74, 6) is 5.66. The largest absolute Gasteiger partial charge is 0.395 e. The van der Waals surface area contributed by atoms with E-state index >= 15 is 0 Å². The van der Waals surface area contributed by atoms with Crippen molar-refractivity contribution in [2.75, 3.05) is 19.8 Å². The summed E-state index contributed by atoms with van der Waals surface area (Å²) < 4.78 is 13.7. The molecule has 1 aliphatic rings. The molecular formula is C17H22FNO2. The van der Waals surface area contributed by atoms with E-state index in [1.165, 1.54) is 6.07 Å². The Morgan fingerprint density at radius 1 is 1.38 bits per heavy atom. The molecule has 114 valence electrons. The van der Waals surface area contributed by atoms with Gasteiger partial charge in [-0.15, -0.1) is 0 Å². The molecule has 0 amide bonds. The predicted molar refractivity (Wildman–Crippen MR) is 80.0 cm³/mol. The molecule has 0 spiro atoms. The number of hydrogen-bond donors (Lipinski definition) is 2. The SMILES string of the molecule is CC1CCN(Cc2ccc(F)c(C#CCCO)c2)C1CO. The van der Waals surface area contributed by atoms with E-state index < -0.39 is 0 Å². The van der Waals surface area contributed by atoms with Gasteiger partial charge in [0, 0.05) is 19.0 Å². The Labute approximate surface area is 125 Å². The summed E-state index contributed by atoms with van der Waals surface area (Å²) in [6.45, 7) is 3.95. The lowest BCUT2D eigenvalue weighted by molar-refractivity contribution is 0.134. The smallest absolute Gasteiger partial charge is 0.138 e. The molecule has 2 N–H and O–H groups in total. The average molecular weight is 291 g/mol. The van der Waals surface area contributed by atoms with Gasteiger partial charge in [0.05, 0.1) is 18.8 Å². The monoisotopic (exact) mass is 291 g/mol. The molecule has 3 nitrogen and oxygen atoms in total. The van der Waals surface area contributed by atoms with Gasteiger partial charge in [0.25, 0.3) is 0 Å². The molecule has 2 rings (SSSR count). The minimum atomic E-state index is -0.335. The third-order valence-electron chi connectivity index (χ3n) is 4.06. The zero-order valence-electron chi connectivity index (χ0n) is 12.3. The second-order valence-electron chi connectivity index (χ2n) is 5.58. The first-order valence-electron chi connectivity index (χ1n) is 7.38. The predicted octanol–water partition coefficient (Wildman–Crippen LogP) is 1.76. The lowest BCUT2D eigenvalue weighted by Gasteiger charge is -2.25. The van der Waals surface area contributed by atoms with E-state index in [2.05, 4.69) is 23.7 Å². The van der Waals surface area contributed by atoms with Crippen LogP contribution in [0.15, 0.2) is 18.2 Å². The van der Waals surface area contributed by atoms with E-state index in [1.54, 1.807) is 12.1 Å². The fraction of sp³-hybridized carbons (Fsp3) is 0.529. The van der Waals surface area contributed by atoms with Crippen LogP contribution in [0.3, 0.4) is 0 Å². The molecule has 0 aliphatic carbocycles. The molecule has 1 aromatic rings. The quantitative estimate of drug-likeness (QED) is 0.831. The Bertz CT molecular complexity index is 535. The molecule has 2 atom stereocenters. The lowest BCUT2D eigenvalue weighted by Crippen LogP contribution is -2.34. The van der Waals surface area contributed by atoms with E-state index in [1.807, 2.05) is 0 Å². The third-order valence-corrected chi connectivity index (χ3v) is 4.06. The Balaban J connectivity index is 2.11. The molecule has 2 unspecified atom stereocenters. The van der Waals surface area contributed by atoms with Crippen LogP contribution in [0.5, 0.6) is 0 Å². The van der Waals surface area contributed by atoms with Crippen LogP contribution in [0.2, 0.25) is 0 Å². The normalized spacial score (nSPS) is 22.1. The van der Waals surface area contributed by atoms with Crippen LogP contribution < -0.4 is 0 Å². The van der Waals surface area contributed by atoms with E-state index in [9.17, 15) is 9.50 Å². The summed E-state index contributed by atoms with van der Waals surface area (Å²) in [5, 5.41) is 18.2. The highest BCUT2D eigenvalue weighted by Crippen LogP contribution is 2.25. The van der Waals surface area contributed by atoms with Crippen molar-refractivity contribution in [2.45, 2.75) is 32.4 Å². The zero-order valence-corrected chi connectivity index (χ0v) is 12.3. The van der Waals surface area contributed by atoms with Gasteiger partial charge in [0.2, 0.25) is 0 Å². The highest BCUT2D eigenvalue weighted by molar-refractivity contribution is 5.38. The number of nitrogens with zero attached hydrogens (tertiary/aromatic N) is 1. The molecule has 1 aliphatic heterocycles. The van der Waals surface area contributed by atoms with Crippen molar-refractivity contribution in [2.24, 2.45) is 5.92 Å². The summed E-state index contributed by atoms with van der Waals surface area (Å²) in [5.41, 5.74) is 1.37. The number of halogens is 1. The summed E-state index contributed by atoms with van der Waals surface area (Å²) in [6, 6.07) is 5.14. The van der Waals surface area contributed by atoms with Gasteiger partial charge >= 0.3 is 0 Å². The number of hydrogen-bond acceptors (Lipinski definition) is 3. The maximum Gasteiger partial charge on any atom is 0.138 e. The second kappa shape index (κ2) is 7.56. The molecule has 1 fully saturated rings. The maximum absolute atomic E-state index is 13.7. The van der Waals surface area contributed by atoms with E-state index in [4.69, 9.17) is 5.11 Å². The molecule has 0 aromatic heterocycles. The topological polar surface area (TPSA) is 43.7 Å². The van der Waals surface area contributed by atoms with Crippen molar-refractivity contribution in [3.8, 4) is 11.8 Å². The number of benzene rings is 1. The Kier molecular flexibility index (Phi) is 5.75.